The minimum absolute atomic E-state index is 0.0306. The summed E-state index contributed by atoms with van der Waals surface area (Å²) >= 11 is 1.90. The summed E-state index contributed by atoms with van der Waals surface area (Å²) in [5.41, 5.74) is 0.909. The molecule has 0 bridgehead atoms. The number of thioether (sulfide) groups is 1. The third-order valence-corrected chi connectivity index (χ3v) is 4.22. The molecule has 1 aliphatic heterocycles. The zero-order valence-corrected chi connectivity index (χ0v) is 11.6. The molecular weight excluding hydrogens is 244 g/mol. The van der Waals surface area contributed by atoms with Gasteiger partial charge in [0, 0.05) is 31.1 Å². The summed E-state index contributed by atoms with van der Waals surface area (Å²) in [7, 11) is 2.11. The van der Waals surface area contributed by atoms with E-state index < -0.39 is 0 Å². The summed E-state index contributed by atoms with van der Waals surface area (Å²) in [6.45, 7) is 2.69. The monoisotopic (exact) mass is 262 g/mol. The van der Waals surface area contributed by atoms with Crippen LogP contribution in [0, 0.1) is 0 Å². The maximum absolute atomic E-state index is 11.7. The van der Waals surface area contributed by atoms with Crippen LogP contribution in [0.4, 0.5) is 5.69 Å². The van der Waals surface area contributed by atoms with Gasteiger partial charge in [0.15, 0.2) is 0 Å². The minimum Gasteiger partial charge on any atom is -0.290 e. The summed E-state index contributed by atoms with van der Waals surface area (Å²) in [6.07, 6.45) is 3.98. The highest BCUT2D eigenvalue weighted by molar-refractivity contribution is 8.00. The lowest BCUT2D eigenvalue weighted by Gasteiger charge is -2.19. The molecule has 4 heteroatoms. The summed E-state index contributed by atoms with van der Waals surface area (Å²) in [6, 6.07) is 9.71. The van der Waals surface area contributed by atoms with Gasteiger partial charge in [-0.3, -0.25) is 14.6 Å². The van der Waals surface area contributed by atoms with Crippen LogP contribution in [0.5, 0.6) is 0 Å². The van der Waals surface area contributed by atoms with E-state index in [4.69, 9.17) is 0 Å². The average molecular weight is 262 g/mol. The van der Waals surface area contributed by atoms with Gasteiger partial charge in [0.25, 0.3) is 0 Å². The van der Waals surface area contributed by atoms with Gasteiger partial charge >= 0.3 is 0 Å². The number of para-hydroxylation sites is 1. The molecular formula is C14H18N2OS. The first-order chi connectivity index (χ1) is 8.68. The number of carbonyl (C=O) groups excluding carboxylic acids is 1. The largest absolute Gasteiger partial charge is 0.290 e. The second-order valence-electron chi connectivity index (χ2n) is 4.31. The van der Waals surface area contributed by atoms with E-state index in [1.807, 2.05) is 48.3 Å². The first kappa shape index (κ1) is 13.2. The molecule has 1 aromatic rings. The van der Waals surface area contributed by atoms with Gasteiger partial charge in [0.05, 0.1) is 5.37 Å². The number of hydrogen-bond acceptors (Lipinski definition) is 3. The fourth-order valence-corrected chi connectivity index (χ4v) is 3.07. The van der Waals surface area contributed by atoms with Gasteiger partial charge in [0.2, 0.25) is 5.91 Å². The van der Waals surface area contributed by atoms with E-state index in [1.165, 1.54) is 0 Å². The number of carbonyl (C=O) groups is 1. The number of likely N-dealkylation sites (N-methyl/N-ethyl adjacent to an activating group) is 1. The van der Waals surface area contributed by atoms with E-state index in [1.54, 1.807) is 11.8 Å². The Labute approximate surface area is 112 Å². The molecule has 1 heterocycles. The van der Waals surface area contributed by atoms with Gasteiger partial charge in [-0.15, -0.1) is 11.8 Å². The van der Waals surface area contributed by atoms with Crippen molar-refractivity contribution in [2.75, 3.05) is 24.2 Å². The maximum atomic E-state index is 11.7. The summed E-state index contributed by atoms with van der Waals surface area (Å²) < 4.78 is 0. The molecule has 1 amide bonds. The topological polar surface area (TPSA) is 23.6 Å². The molecule has 18 heavy (non-hydrogen) atoms. The zero-order chi connectivity index (χ0) is 13.0. The first-order valence-electron chi connectivity index (χ1n) is 6.03. The molecule has 1 fully saturated rings. The molecule has 0 spiro atoms. The van der Waals surface area contributed by atoms with E-state index in [9.17, 15) is 4.79 Å². The summed E-state index contributed by atoms with van der Waals surface area (Å²) in [5, 5.41) is 0.371. The summed E-state index contributed by atoms with van der Waals surface area (Å²) in [4.78, 5) is 15.7. The molecule has 0 N–H and O–H groups in total. The number of hydrogen-bond donors (Lipinski definition) is 0. The van der Waals surface area contributed by atoms with E-state index >= 15 is 0 Å². The highest BCUT2D eigenvalue weighted by Crippen LogP contribution is 2.23. The van der Waals surface area contributed by atoms with Crippen molar-refractivity contribution >= 4 is 23.4 Å². The van der Waals surface area contributed by atoms with Gasteiger partial charge in [-0.25, -0.2) is 0 Å². The quantitative estimate of drug-likeness (QED) is 0.836. The normalized spacial score (nSPS) is 20.4. The molecule has 1 aromatic carbocycles. The number of rotatable bonds is 3. The number of anilines is 1. The van der Waals surface area contributed by atoms with Crippen LogP contribution >= 0.6 is 11.8 Å². The van der Waals surface area contributed by atoms with Crippen LogP contribution in [0.2, 0.25) is 0 Å². The molecule has 0 radical (unpaired) electrons. The van der Waals surface area contributed by atoms with Crippen LogP contribution in [0.3, 0.4) is 0 Å². The third-order valence-electron chi connectivity index (χ3n) is 2.94. The standard InChI is InChI=1S/C14H18N2OS/c1-12(17)16(13-6-4-3-5-7-13)9-8-14-15(2)10-11-18-14/h3-9,14H,10-11H2,1-2H3. The van der Waals surface area contributed by atoms with E-state index in [-0.39, 0.29) is 5.91 Å². The molecule has 0 aliphatic carbocycles. The Morgan fingerprint density at radius 2 is 2.17 bits per heavy atom. The van der Waals surface area contributed by atoms with E-state index in [0.29, 0.717) is 5.37 Å². The highest BCUT2D eigenvalue weighted by atomic mass is 32.2. The van der Waals surface area contributed by atoms with Crippen LogP contribution in [-0.2, 0) is 4.79 Å². The Bertz CT molecular complexity index is 433. The second kappa shape index (κ2) is 6.07. The van der Waals surface area contributed by atoms with E-state index in [0.717, 1.165) is 18.0 Å². The number of nitrogens with zero attached hydrogens (tertiary/aromatic N) is 2. The van der Waals surface area contributed by atoms with Crippen LogP contribution in [0.25, 0.3) is 0 Å². The molecule has 2 rings (SSSR count). The minimum atomic E-state index is 0.0306. The van der Waals surface area contributed by atoms with Crippen molar-refractivity contribution in [3.8, 4) is 0 Å². The Morgan fingerprint density at radius 1 is 1.44 bits per heavy atom. The van der Waals surface area contributed by atoms with Crippen LogP contribution in [-0.4, -0.2) is 35.5 Å². The fraction of sp³-hybridized carbons (Fsp3) is 0.357. The predicted molar refractivity (Wildman–Crippen MR) is 77.6 cm³/mol. The van der Waals surface area contributed by atoms with Crippen LogP contribution in [0.1, 0.15) is 6.92 Å². The van der Waals surface area contributed by atoms with Gasteiger partial charge in [-0.05, 0) is 25.3 Å². The number of amides is 1. The van der Waals surface area contributed by atoms with Crippen molar-refractivity contribution in [1.82, 2.24) is 4.90 Å². The van der Waals surface area contributed by atoms with Gasteiger partial charge in [-0.2, -0.15) is 0 Å². The second-order valence-corrected chi connectivity index (χ2v) is 5.53. The smallest absolute Gasteiger partial charge is 0.227 e. The first-order valence-corrected chi connectivity index (χ1v) is 7.08. The lowest BCUT2D eigenvalue weighted by atomic mass is 10.3. The third kappa shape index (κ3) is 3.15. The van der Waals surface area contributed by atoms with Crippen molar-refractivity contribution in [3.05, 3.63) is 42.6 Å². The number of benzene rings is 1. The molecule has 1 aliphatic rings. The molecule has 1 atom stereocenters. The maximum Gasteiger partial charge on any atom is 0.227 e. The van der Waals surface area contributed by atoms with Crippen molar-refractivity contribution in [2.24, 2.45) is 0 Å². The fourth-order valence-electron chi connectivity index (χ4n) is 1.90. The van der Waals surface area contributed by atoms with Gasteiger partial charge < -0.3 is 0 Å². The molecule has 1 unspecified atom stereocenters. The molecule has 96 valence electrons. The van der Waals surface area contributed by atoms with Crippen molar-refractivity contribution < 1.29 is 4.79 Å². The Kier molecular flexibility index (Phi) is 4.44. The van der Waals surface area contributed by atoms with Crippen molar-refractivity contribution in [1.29, 1.82) is 0 Å². The SMILES string of the molecule is CC(=O)N(C=CC1SCCN1C)c1ccccc1. The molecule has 0 saturated carbocycles. The predicted octanol–water partition coefficient (Wildman–Crippen LogP) is 2.56. The lowest BCUT2D eigenvalue weighted by Crippen LogP contribution is -2.25. The molecule has 0 aromatic heterocycles. The van der Waals surface area contributed by atoms with Crippen molar-refractivity contribution in [3.63, 3.8) is 0 Å². The molecule has 1 saturated heterocycles. The average Bonchev–Trinajstić information content (AvgIpc) is 2.76. The Balaban J connectivity index is 2.12. The van der Waals surface area contributed by atoms with E-state index in [2.05, 4.69) is 18.0 Å². The summed E-state index contributed by atoms with van der Waals surface area (Å²) in [5.74, 6) is 1.18. The Hall–Kier alpha value is -1.26. The van der Waals surface area contributed by atoms with Gasteiger partial charge in [-0.1, -0.05) is 18.2 Å². The van der Waals surface area contributed by atoms with Gasteiger partial charge in [0.1, 0.15) is 0 Å². The molecule has 3 nitrogen and oxygen atoms in total. The van der Waals surface area contributed by atoms with Crippen molar-refractivity contribution in [2.45, 2.75) is 12.3 Å². The Morgan fingerprint density at radius 3 is 2.72 bits per heavy atom. The zero-order valence-electron chi connectivity index (χ0n) is 10.7. The van der Waals surface area contributed by atoms with Crippen LogP contribution in [0.15, 0.2) is 42.6 Å². The van der Waals surface area contributed by atoms with Crippen LogP contribution < -0.4 is 4.90 Å². The lowest BCUT2D eigenvalue weighted by molar-refractivity contribution is -0.116. The highest BCUT2D eigenvalue weighted by Gasteiger charge is 2.19.